The van der Waals surface area contributed by atoms with Crippen molar-refractivity contribution in [2.45, 2.75) is 78.3 Å². The van der Waals surface area contributed by atoms with Crippen molar-refractivity contribution in [2.75, 3.05) is 47.5 Å². The van der Waals surface area contributed by atoms with E-state index in [9.17, 15) is 19.2 Å². The van der Waals surface area contributed by atoms with Crippen LogP contribution in [0.2, 0.25) is 0 Å². The summed E-state index contributed by atoms with van der Waals surface area (Å²) in [4.78, 5) is 54.7. The molecule has 0 aromatic heterocycles. The zero-order valence-electron chi connectivity index (χ0n) is 28.5. The number of likely N-dealkylation sites (tertiary alicyclic amines) is 1. The van der Waals surface area contributed by atoms with Gasteiger partial charge in [0, 0.05) is 64.5 Å². The van der Waals surface area contributed by atoms with E-state index in [1.165, 1.54) is 20.1 Å². The predicted molar refractivity (Wildman–Crippen MR) is 174 cm³/mol. The number of nitrogens with zero attached hydrogens (tertiary/aromatic N) is 1. The summed E-state index contributed by atoms with van der Waals surface area (Å²) in [6, 6.07) is 0. The minimum absolute atomic E-state index is 0.0589. The van der Waals surface area contributed by atoms with E-state index in [2.05, 4.69) is 15.5 Å². The monoisotopic (exact) mass is 641 g/mol. The minimum Gasteiger partial charge on any atom is -0.455 e. The summed E-state index contributed by atoms with van der Waals surface area (Å²) in [6.07, 6.45) is 7.98. The molecule has 0 aromatic carbocycles. The Morgan fingerprint density at radius 2 is 1.78 bits per heavy atom. The molecule has 0 radical (unpaired) electrons. The molecule has 2 aliphatic heterocycles. The van der Waals surface area contributed by atoms with Crippen LogP contribution < -0.4 is 10.6 Å². The van der Waals surface area contributed by atoms with Crippen LogP contribution in [0.1, 0.15) is 53.9 Å². The molecule has 1 fully saturated rings. The largest absolute Gasteiger partial charge is 0.455 e. The first kappa shape index (κ1) is 37.1. The number of methoxy groups -OCH3 is 3. The van der Waals surface area contributed by atoms with Crippen LogP contribution in [0.5, 0.6) is 0 Å². The smallest absolute Gasteiger partial charge is 0.303 e. The van der Waals surface area contributed by atoms with Crippen LogP contribution in [0.4, 0.5) is 0 Å². The Balaban J connectivity index is 2.04. The maximum Gasteiger partial charge on any atom is 0.303 e. The van der Waals surface area contributed by atoms with E-state index in [4.69, 9.17) is 18.9 Å². The number of hydrogen-bond donors (Lipinski definition) is 2. The number of ketones is 2. The van der Waals surface area contributed by atoms with E-state index >= 15 is 0 Å². The Morgan fingerprint density at radius 3 is 2.37 bits per heavy atom. The Hall–Kier alpha value is -3.38. The third-order valence-corrected chi connectivity index (χ3v) is 8.76. The Morgan fingerprint density at radius 1 is 1.07 bits per heavy atom. The summed E-state index contributed by atoms with van der Waals surface area (Å²) in [5.74, 6) is -1.96. The molecule has 254 valence electrons. The third-order valence-electron chi connectivity index (χ3n) is 8.76. The molecule has 11 heteroatoms. The number of rotatable bonds is 8. The van der Waals surface area contributed by atoms with Gasteiger partial charge in [0.25, 0.3) is 5.91 Å². The number of carbonyl (C=O) groups excluding carboxylic acids is 4. The van der Waals surface area contributed by atoms with E-state index in [0.29, 0.717) is 30.5 Å². The van der Waals surface area contributed by atoms with Crippen LogP contribution in [-0.2, 0) is 38.1 Å². The fraction of sp³-hybridized carbons (Fsp3) is 0.600. The minimum atomic E-state index is -0.727. The topological polar surface area (TPSA) is 132 Å². The zero-order chi connectivity index (χ0) is 34.0. The highest BCUT2D eigenvalue weighted by Gasteiger charge is 2.34. The van der Waals surface area contributed by atoms with Gasteiger partial charge >= 0.3 is 5.97 Å². The molecular weight excluding hydrogens is 590 g/mol. The van der Waals surface area contributed by atoms with Gasteiger partial charge in [-0.3, -0.25) is 19.2 Å². The zero-order valence-corrected chi connectivity index (χ0v) is 28.5. The fourth-order valence-corrected chi connectivity index (χ4v) is 6.13. The molecule has 0 spiro atoms. The van der Waals surface area contributed by atoms with E-state index < -0.39 is 24.1 Å². The first-order valence-corrected chi connectivity index (χ1v) is 16.0. The Bertz CT molecular complexity index is 1290. The van der Waals surface area contributed by atoms with Gasteiger partial charge in [-0.2, -0.15) is 0 Å². The first-order valence-electron chi connectivity index (χ1n) is 16.0. The molecule has 2 heterocycles. The Labute approximate surface area is 273 Å². The second-order valence-electron chi connectivity index (χ2n) is 12.4. The van der Waals surface area contributed by atoms with E-state index in [1.54, 1.807) is 39.4 Å². The quantitative estimate of drug-likeness (QED) is 0.231. The molecule has 46 heavy (non-hydrogen) atoms. The highest BCUT2D eigenvalue weighted by molar-refractivity contribution is 6.23. The van der Waals surface area contributed by atoms with Gasteiger partial charge in [-0.25, -0.2) is 0 Å². The molecule has 1 aliphatic carbocycles. The SMILES string of the molecule is CO[C@H]1[C@@H](OC)C[C@H](C)CC2=C(NCCN3CCC3)C(=O)C=C(NC(=O)/C(C)=C/C=C\[C@H](OC)[C@@H](OC(C)=O)/C(C)=C/[C@@H]1C)C2=O. The van der Waals surface area contributed by atoms with Crippen molar-refractivity contribution < 1.29 is 38.1 Å². The second kappa shape index (κ2) is 17.5. The van der Waals surface area contributed by atoms with Gasteiger partial charge in [0.05, 0.1) is 23.6 Å². The van der Waals surface area contributed by atoms with Gasteiger partial charge in [0.15, 0.2) is 6.10 Å². The molecule has 11 nitrogen and oxygen atoms in total. The highest BCUT2D eigenvalue weighted by atomic mass is 16.6. The molecule has 1 saturated heterocycles. The van der Waals surface area contributed by atoms with Gasteiger partial charge in [0.2, 0.25) is 11.6 Å². The predicted octanol–water partition coefficient (Wildman–Crippen LogP) is 3.18. The summed E-state index contributed by atoms with van der Waals surface area (Å²) in [5.41, 5.74) is 1.64. The summed E-state index contributed by atoms with van der Waals surface area (Å²) in [5, 5.41) is 5.89. The number of fused-ring (bicyclic) bond motifs is 2. The molecular formula is C35H51N3O8. The van der Waals surface area contributed by atoms with Crippen molar-refractivity contribution in [3.63, 3.8) is 0 Å². The normalized spacial score (nSPS) is 31.9. The third kappa shape index (κ3) is 9.81. The summed E-state index contributed by atoms with van der Waals surface area (Å²) < 4.78 is 23.3. The molecule has 6 atom stereocenters. The lowest BCUT2D eigenvalue weighted by molar-refractivity contribution is -0.149. The van der Waals surface area contributed by atoms with Crippen LogP contribution in [0.15, 0.2) is 58.5 Å². The molecule has 2 bridgehead atoms. The Kier molecular flexibility index (Phi) is 14.1. The van der Waals surface area contributed by atoms with Gasteiger partial charge in [-0.1, -0.05) is 38.2 Å². The van der Waals surface area contributed by atoms with Crippen LogP contribution in [0, 0.1) is 11.8 Å². The molecule has 3 rings (SSSR count). The number of esters is 1. The maximum atomic E-state index is 13.9. The number of Topliss-reactive ketones (excluding diaryl/α,β-unsaturated/α-hetero) is 1. The van der Waals surface area contributed by atoms with Crippen LogP contribution in [0.25, 0.3) is 0 Å². The molecule has 0 aromatic rings. The lowest BCUT2D eigenvalue weighted by Gasteiger charge is -2.32. The summed E-state index contributed by atoms with van der Waals surface area (Å²) in [7, 11) is 4.76. The van der Waals surface area contributed by atoms with E-state index in [-0.39, 0.29) is 47.0 Å². The summed E-state index contributed by atoms with van der Waals surface area (Å²) in [6.45, 7) is 12.2. The number of carbonyl (C=O) groups is 4. The average molecular weight is 642 g/mol. The number of nitrogens with one attached hydrogen (secondary N) is 2. The fourth-order valence-electron chi connectivity index (χ4n) is 6.13. The number of ether oxygens (including phenoxy) is 4. The number of amides is 1. The lowest BCUT2D eigenvalue weighted by atomic mass is 9.85. The van der Waals surface area contributed by atoms with Crippen molar-refractivity contribution in [1.29, 1.82) is 0 Å². The maximum absolute atomic E-state index is 13.9. The van der Waals surface area contributed by atoms with Crippen molar-refractivity contribution in [2.24, 2.45) is 11.8 Å². The van der Waals surface area contributed by atoms with E-state index in [0.717, 1.165) is 31.6 Å². The number of allylic oxidation sites excluding steroid dienone is 4. The van der Waals surface area contributed by atoms with Gasteiger partial charge < -0.3 is 34.5 Å². The average Bonchev–Trinajstić information content (AvgIpc) is 2.98. The van der Waals surface area contributed by atoms with Crippen LogP contribution >= 0.6 is 0 Å². The van der Waals surface area contributed by atoms with Crippen molar-refractivity contribution >= 4 is 23.4 Å². The molecule has 2 N–H and O–H groups in total. The lowest BCUT2D eigenvalue weighted by Crippen LogP contribution is -2.43. The second-order valence-corrected chi connectivity index (χ2v) is 12.4. The van der Waals surface area contributed by atoms with Crippen molar-refractivity contribution in [3.8, 4) is 0 Å². The summed E-state index contributed by atoms with van der Waals surface area (Å²) >= 11 is 0. The van der Waals surface area contributed by atoms with Crippen LogP contribution in [-0.4, -0.2) is 100 Å². The van der Waals surface area contributed by atoms with Gasteiger partial charge in [0.1, 0.15) is 6.10 Å². The van der Waals surface area contributed by atoms with Gasteiger partial charge in [-0.05, 0) is 57.7 Å². The molecule has 3 aliphatic rings. The first-order chi connectivity index (χ1) is 21.9. The number of hydrogen-bond acceptors (Lipinski definition) is 10. The molecule has 1 amide bonds. The van der Waals surface area contributed by atoms with Crippen LogP contribution in [0.3, 0.4) is 0 Å². The standard InChI is InChI=1S/C35H51N3O8/c1-21-17-26-31(36-13-16-38-14-10-15-38)28(40)20-27(32(26)41)37-35(42)22(2)11-9-12-29(43-6)34(46-25(5)39)24(4)19-23(3)33(45-8)30(18-21)44-7/h9,11-12,19-21,23,29-30,33-34,36H,10,13-18H2,1-8H3,(H,37,42)/b12-9-,22-11+,24-19+/t21-,23+,29+,30+,33-,34+/m1/s1. The van der Waals surface area contributed by atoms with Gasteiger partial charge in [-0.15, -0.1) is 0 Å². The van der Waals surface area contributed by atoms with Crippen molar-refractivity contribution in [1.82, 2.24) is 15.5 Å². The molecule has 0 unspecified atom stereocenters. The highest BCUT2D eigenvalue weighted by Crippen LogP contribution is 2.29. The van der Waals surface area contributed by atoms with E-state index in [1.807, 2.05) is 26.8 Å². The van der Waals surface area contributed by atoms with Crippen molar-refractivity contribution in [3.05, 3.63) is 58.5 Å². The molecule has 0 saturated carbocycles.